The Morgan fingerprint density at radius 1 is 0.184 bits per heavy atom. The number of aryl methyl sites for hydroxylation is 3. The molecule has 0 N–H and O–H groups in total. The standard InChI is InChI=1S/C39H44O10.C37H40O10.C35H36O10/c1-4-36(40)46-26-12-8-6-10-24-44-32-18-14-30(15-19-32)38(42)48-34-22-23-35(29(3)28-34)49-39(43)31-16-20-33(21-17-31)45-25-11-7-9-13-27-47-37(41)5-2;1-4-34(38)44-24-10-6-8-22-42-30-16-12-28(13-17-30)36(40)46-32-20-21-33(27(3)26-32)47-37(41)29-14-18-31(19-15-29)43-23-9-7-11-25-45-35(39)5-2;1-4-32(36)42-22-8-6-20-40-28-14-10-26(11-15-28)34(38)44-30-18-19-31(25(3)24-30)45-35(39)27-12-16-29(17-13-27)41-21-7-9-23-43-33(37)5-2/h4-5,14-23,28H,1-2,6-13,24-27H2,3H3;4-5,12-21,26H,1-2,6-11,22-25H2,3H3;4-5,10-19,24H,1-2,6-9,20-23H2,3H3. The Bertz CT molecular complexity index is 5560. The highest BCUT2D eigenvalue weighted by Crippen LogP contribution is 2.31. The van der Waals surface area contributed by atoms with E-state index >= 15 is 0 Å². The molecule has 0 saturated heterocycles. The fourth-order valence-electron chi connectivity index (χ4n) is 12.3. The molecular formula is C111H120O30. The van der Waals surface area contributed by atoms with Crippen LogP contribution in [0.2, 0.25) is 0 Å². The summed E-state index contributed by atoms with van der Waals surface area (Å²) in [5, 5.41) is 0. The topological polar surface area (TPSA) is 371 Å². The van der Waals surface area contributed by atoms with Crippen LogP contribution >= 0.6 is 0 Å². The Labute approximate surface area is 821 Å². The van der Waals surface area contributed by atoms with E-state index in [9.17, 15) is 57.5 Å². The first-order valence-corrected chi connectivity index (χ1v) is 46.1. The lowest BCUT2D eigenvalue weighted by molar-refractivity contribution is -0.138. The molecule has 30 heteroatoms. The quantitative estimate of drug-likeness (QED) is 0.0112. The van der Waals surface area contributed by atoms with Crippen molar-refractivity contribution in [3.63, 3.8) is 0 Å². The van der Waals surface area contributed by atoms with Crippen molar-refractivity contribution < 1.29 is 143 Å². The third-order valence-electron chi connectivity index (χ3n) is 20.0. The lowest BCUT2D eigenvalue weighted by Crippen LogP contribution is -2.11. The summed E-state index contributed by atoms with van der Waals surface area (Å²) in [6.45, 7) is 30.4. The maximum absolute atomic E-state index is 12.8. The maximum atomic E-state index is 12.8. The van der Waals surface area contributed by atoms with Gasteiger partial charge in [0.05, 0.1) is 113 Å². The van der Waals surface area contributed by atoms with Crippen LogP contribution in [-0.4, -0.2) is 151 Å². The van der Waals surface area contributed by atoms with Crippen LogP contribution in [-0.2, 0) is 57.2 Å². The highest BCUT2D eigenvalue weighted by molar-refractivity contribution is 5.95. The van der Waals surface area contributed by atoms with E-state index in [0.29, 0.717) is 224 Å². The molecule has 9 aromatic carbocycles. The molecule has 141 heavy (non-hydrogen) atoms. The molecule has 0 bridgehead atoms. The van der Waals surface area contributed by atoms with Crippen molar-refractivity contribution in [3.05, 3.63) is 326 Å². The zero-order valence-electron chi connectivity index (χ0n) is 79.7. The second-order valence-corrected chi connectivity index (χ2v) is 30.9. The minimum Gasteiger partial charge on any atom is -0.494 e. The molecule has 30 nitrogen and oxygen atoms in total. The number of benzene rings is 9. The van der Waals surface area contributed by atoms with Crippen LogP contribution in [0.15, 0.2) is 276 Å². The molecule has 0 aliphatic rings. The van der Waals surface area contributed by atoms with Crippen LogP contribution in [0.5, 0.6) is 69.0 Å². The smallest absolute Gasteiger partial charge is 0.343 e. The van der Waals surface area contributed by atoms with Gasteiger partial charge in [-0.15, -0.1) is 0 Å². The molecule has 0 aliphatic heterocycles. The summed E-state index contributed by atoms with van der Waals surface area (Å²) in [6.07, 6.45) is 21.3. The second-order valence-electron chi connectivity index (χ2n) is 30.9. The monoisotopic (exact) mass is 1930 g/mol. The Balaban J connectivity index is 0.000000288. The third-order valence-corrected chi connectivity index (χ3v) is 20.0. The van der Waals surface area contributed by atoms with Crippen LogP contribution in [0.3, 0.4) is 0 Å². The van der Waals surface area contributed by atoms with Crippen molar-refractivity contribution in [2.24, 2.45) is 0 Å². The Kier molecular flexibility index (Phi) is 51.4. The summed E-state index contributed by atoms with van der Waals surface area (Å²) in [5.74, 6) is -0.0775. The molecule has 9 aromatic rings. The van der Waals surface area contributed by atoms with E-state index in [1.165, 1.54) is 0 Å². The van der Waals surface area contributed by atoms with Crippen molar-refractivity contribution in [1.82, 2.24) is 0 Å². The van der Waals surface area contributed by atoms with E-state index in [0.717, 1.165) is 126 Å². The second kappa shape index (κ2) is 64.8. The predicted octanol–water partition coefficient (Wildman–Crippen LogP) is 21.0. The van der Waals surface area contributed by atoms with Gasteiger partial charge in [-0.25, -0.2) is 57.5 Å². The first-order valence-electron chi connectivity index (χ1n) is 46.1. The predicted molar refractivity (Wildman–Crippen MR) is 525 cm³/mol. The average Bonchev–Trinajstić information content (AvgIpc) is 0.845. The summed E-state index contributed by atoms with van der Waals surface area (Å²) in [7, 11) is 0. The van der Waals surface area contributed by atoms with Gasteiger partial charge in [-0.1, -0.05) is 39.5 Å². The zero-order chi connectivity index (χ0) is 102. The number of carbonyl (C=O) groups excluding carboxylic acids is 12. The van der Waals surface area contributed by atoms with Crippen molar-refractivity contribution in [3.8, 4) is 69.0 Å². The van der Waals surface area contributed by atoms with Crippen molar-refractivity contribution in [1.29, 1.82) is 0 Å². The average molecular weight is 1930 g/mol. The highest BCUT2D eigenvalue weighted by Gasteiger charge is 2.20. The van der Waals surface area contributed by atoms with Crippen LogP contribution < -0.4 is 56.8 Å². The number of ether oxygens (including phenoxy) is 18. The fraction of sp³-hybridized carbons (Fsp3) is 0.297. The van der Waals surface area contributed by atoms with E-state index in [2.05, 4.69) is 39.5 Å². The molecule has 0 heterocycles. The Hall–Kier alpha value is -16.1. The van der Waals surface area contributed by atoms with E-state index < -0.39 is 71.6 Å². The molecule has 0 aromatic heterocycles. The minimum atomic E-state index is -0.548. The molecule has 744 valence electrons. The minimum absolute atomic E-state index is 0.299. The SMILES string of the molecule is C=CC(=O)OCCCCCCOc1ccc(C(=O)Oc2ccc(OC(=O)c3ccc(OCCCCCCOC(=O)C=C)cc3)c(C)c2)cc1.C=CC(=O)OCCCCCOc1ccc(C(=O)Oc2ccc(OC(=O)c3ccc(OCCCCCOC(=O)C=C)cc3)c(C)c2)cc1.C=CC(=O)OCCCCOc1ccc(C(=O)Oc2ccc(OC(=O)c3ccc(OCCCCOC(=O)C=C)cc3)c(C)c2)cc1. The largest absolute Gasteiger partial charge is 0.494 e. The lowest BCUT2D eigenvalue weighted by Gasteiger charge is -2.11. The molecule has 0 atom stereocenters. The molecule has 0 spiro atoms. The molecule has 0 radical (unpaired) electrons. The fourth-order valence-corrected chi connectivity index (χ4v) is 12.3. The number of hydrogen-bond donors (Lipinski definition) is 0. The summed E-state index contributed by atoms with van der Waals surface area (Å²) in [6, 6.07) is 54.1. The number of esters is 12. The van der Waals surface area contributed by atoms with Gasteiger partial charge in [0, 0.05) is 36.5 Å². The van der Waals surface area contributed by atoms with Gasteiger partial charge < -0.3 is 85.3 Å². The van der Waals surface area contributed by atoms with Crippen LogP contribution in [0, 0.1) is 20.8 Å². The number of hydrogen-bond acceptors (Lipinski definition) is 30. The summed E-state index contributed by atoms with van der Waals surface area (Å²) >= 11 is 0. The van der Waals surface area contributed by atoms with Gasteiger partial charge in [0.1, 0.15) is 69.0 Å². The van der Waals surface area contributed by atoms with E-state index in [4.69, 9.17) is 85.3 Å². The summed E-state index contributed by atoms with van der Waals surface area (Å²) < 4.78 is 97.0. The van der Waals surface area contributed by atoms with Crippen molar-refractivity contribution in [2.75, 3.05) is 79.3 Å². The molecule has 0 unspecified atom stereocenters. The molecule has 0 aliphatic carbocycles. The zero-order valence-corrected chi connectivity index (χ0v) is 79.7. The summed E-state index contributed by atoms with van der Waals surface area (Å²) in [4.78, 5) is 142. The highest BCUT2D eigenvalue weighted by atomic mass is 16.6. The molecular weight excluding hydrogens is 1810 g/mol. The Morgan fingerprint density at radius 3 is 0.496 bits per heavy atom. The number of unbranched alkanes of at least 4 members (excludes halogenated alkanes) is 12. The van der Waals surface area contributed by atoms with Crippen molar-refractivity contribution >= 4 is 71.6 Å². The van der Waals surface area contributed by atoms with Gasteiger partial charge in [-0.2, -0.15) is 0 Å². The maximum Gasteiger partial charge on any atom is 0.343 e. The van der Waals surface area contributed by atoms with Crippen LogP contribution in [0.25, 0.3) is 0 Å². The van der Waals surface area contributed by atoms with Gasteiger partial charge in [0.15, 0.2) is 0 Å². The molecule has 0 fully saturated rings. The third kappa shape index (κ3) is 44.7. The van der Waals surface area contributed by atoms with Crippen LogP contribution in [0.4, 0.5) is 0 Å². The van der Waals surface area contributed by atoms with E-state index in [1.807, 2.05) is 0 Å². The van der Waals surface area contributed by atoms with Crippen LogP contribution in [0.1, 0.15) is 194 Å². The summed E-state index contributed by atoms with van der Waals surface area (Å²) in [5.41, 5.74) is 3.98. The molecule has 9 rings (SSSR count). The van der Waals surface area contributed by atoms with Gasteiger partial charge in [0.2, 0.25) is 0 Å². The van der Waals surface area contributed by atoms with Gasteiger partial charge in [-0.05, 0) is 353 Å². The van der Waals surface area contributed by atoms with Gasteiger partial charge in [0.25, 0.3) is 0 Å². The number of rotatable bonds is 60. The van der Waals surface area contributed by atoms with Gasteiger partial charge in [-0.3, -0.25) is 0 Å². The first kappa shape index (κ1) is 112. The van der Waals surface area contributed by atoms with Gasteiger partial charge >= 0.3 is 71.6 Å². The number of carbonyl (C=O) groups is 12. The van der Waals surface area contributed by atoms with E-state index in [1.54, 1.807) is 221 Å². The molecule has 0 amide bonds. The molecule has 0 saturated carbocycles. The van der Waals surface area contributed by atoms with Crippen molar-refractivity contribution in [2.45, 2.75) is 136 Å². The lowest BCUT2D eigenvalue weighted by atomic mass is 10.2. The van der Waals surface area contributed by atoms with E-state index in [-0.39, 0.29) is 0 Å². The Morgan fingerprint density at radius 2 is 0.326 bits per heavy atom. The normalized spacial score (nSPS) is 10.3. The first-order chi connectivity index (χ1) is 68.3.